The number of unbranched alkanes of at least 4 members (excludes halogenated alkanes) is 13. The molecule has 0 saturated carbocycles. The third kappa shape index (κ3) is 10.1. The Morgan fingerprint density at radius 2 is 1.15 bits per heavy atom. The second-order valence-electron chi connectivity index (χ2n) is 11.3. The Morgan fingerprint density at radius 3 is 1.64 bits per heavy atom. The highest BCUT2D eigenvalue weighted by atomic mass is 16.7. The largest absolute Gasteiger partial charge is 0.829 e. The topological polar surface area (TPSA) is 192 Å². The number of rotatable bonds is 19. The third-order valence-electron chi connectivity index (χ3n) is 8.15. The van der Waals surface area contributed by atoms with Gasteiger partial charge in [0, 0.05) is 6.29 Å². The van der Waals surface area contributed by atoms with Crippen LogP contribution in [0.4, 0.5) is 0 Å². The molecular formula is C28H53O11-. The molecule has 39 heavy (non-hydrogen) atoms. The second-order valence-corrected chi connectivity index (χ2v) is 11.3. The SMILES string of the molecule is CCCCCCCCCCCCCCCC[C@]1(O)[C@H]([O-])O[C@H](CO)[C@@H](O[C@@H]2O[C@H](CO)[C@H](O)[C@H](O)[C@H]2O)[C@@H]1O. The van der Waals surface area contributed by atoms with E-state index in [1.54, 1.807) is 0 Å². The maximum Gasteiger partial charge on any atom is 0.187 e. The molecule has 0 radical (unpaired) electrons. The van der Waals surface area contributed by atoms with Gasteiger partial charge in [-0.25, -0.2) is 0 Å². The third-order valence-corrected chi connectivity index (χ3v) is 8.15. The summed E-state index contributed by atoms with van der Waals surface area (Å²) >= 11 is 0. The Kier molecular flexibility index (Phi) is 16.2. The van der Waals surface area contributed by atoms with Crippen molar-refractivity contribution < 1.29 is 55.1 Å². The molecule has 0 aromatic carbocycles. The van der Waals surface area contributed by atoms with Crippen LogP contribution >= 0.6 is 0 Å². The van der Waals surface area contributed by atoms with E-state index in [4.69, 9.17) is 14.2 Å². The molecule has 11 nitrogen and oxygen atoms in total. The summed E-state index contributed by atoms with van der Waals surface area (Å²) in [6.45, 7) is 0.835. The van der Waals surface area contributed by atoms with Crippen LogP contribution in [0.5, 0.6) is 0 Å². The molecule has 2 heterocycles. The van der Waals surface area contributed by atoms with Gasteiger partial charge in [0.2, 0.25) is 0 Å². The normalized spacial score (nSPS) is 37.3. The molecule has 2 aliphatic heterocycles. The van der Waals surface area contributed by atoms with Crippen molar-refractivity contribution in [2.45, 2.75) is 164 Å². The fourth-order valence-electron chi connectivity index (χ4n) is 5.49. The number of aliphatic hydroxyl groups excluding tert-OH is 6. The van der Waals surface area contributed by atoms with E-state index in [2.05, 4.69) is 6.92 Å². The minimum absolute atomic E-state index is 0.0486. The zero-order valence-corrected chi connectivity index (χ0v) is 23.5. The van der Waals surface area contributed by atoms with Crippen molar-refractivity contribution in [3.8, 4) is 0 Å². The van der Waals surface area contributed by atoms with E-state index in [0.717, 1.165) is 25.7 Å². The Balaban J connectivity index is 1.76. The summed E-state index contributed by atoms with van der Waals surface area (Å²) in [6.07, 6.45) is 1.45. The second kappa shape index (κ2) is 18.2. The molecule has 232 valence electrons. The zero-order valence-electron chi connectivity index (χ0n) is 23.5. The van der Waals surface area contributed by atoms with Crippen molar-refractivity contribution in [1.29, 1.82) is 0 Å². The van der Waals surface area contributed by atoms with Gasteiger partial charge < -0.3 is 55.1 Å². The van der Waals surface area contributed by atoms with E-state index in [-0.39, 0.29) is 6.42 Å². The van der Waals surface area contributed by atoms with Crippen LogP contribution in [0, 0.1) is 0 Å². The van der Waals surface area contributed by atoms with E-state index in [9.17, 15) is 40.9 Å². The monoisotopic (exact) mass is 565 g/mol. The maximum absolute atomic E-state index is 12.7. The van der Waals surface area contributed by atoms with Gasteiger partial charge in [0.25, 0.3) is 0 Å². The van der Waals surface area contributed by atoms with Gasteiger partial charge in [-0.05, 0) is 6.42 Å². The minimum atomic E-state index is -2.21. The summed E-state index contributed by atoms with van der Waals surface area (Å²) in [5.74, 6) is 0. The highest BCUT2D eigenvalue weighted by Crippen LogP contribution is 2.35. The van der Waals surface area contributed by atoms with Crippen LogP contribution in [0.1, 0.15) is 103 Å². The number of hydrogen-bond acceptors (Lipinski definition) is 11. The van der Waals surface area contributed by atoms with Crippen LogP contribution in [-0.4, -0.2) is 110 Å². The molecule has 0 amide bonds. The van der Waals surface area contributed by atoms with E-state index in [1.165, 1.54) is 57.8 Å². The standard InChI is InChI=1S/C28H53O11/c1-2-3-4-5-6-7-8-9-10-11-12-13-14-15-16-28(36)25(34)24(20(18-30)38-27(28)35)39-26-23(33)22(32)21(31)19(17-29)37-26/h19-27,29-34,36H,2-18H2,1H3/q-1/t19-,20-,21+,22+,23-,24-,25+,26+,27-,28-/m1/s1. The summed E-state index contributed by atoms with van der Waals surface area (Å²) in [4.78, 5) is 0. The molecular weight excluding hydrogens is 512 g/mol. The van der Waals surface area contributed by atoms with E-state index in [1.807, 2.05) is 0 Å². The van der Waals surface area contributed by atoms with Crippen LogP contribution in [0.3, 0.4) is 0 Å². The highest BCUT2D eigenvalue weighted by Gasteiger charge is 2.53. The lowest BCUT2D eigenvalue weighted by Crippen LogP contribution is -2.71. The lowest BCUT2D eigenvalue weighted by atomic mass is 9.82. The Bertz CT molecular complexity index is 639. The first-order valence-corrected chi connectivity index (χ1v) is 15.0. The maximum atomic E-state index is 12.7. The first kappa shape index (κ1) is 34.8. The van der Waals surface area contributed by atoms with Crippen LogP contribution in [0.15, 0.2) is 0 Å². The number of aliphatic hydroxyl groups is 7. The molecule has 0 aromatic heterocycles. The van der Waals surface area contributed by atoms with Crippen LogP contribution in [0.25, 0.3) is 0 Å². The quantitative estimate of drug-likeness (QED) is 0.106. The summed E-state index contributed by atoms with van der Waals surface area (Å²) in [6, 6.07) is 0. The lowest BCUT2D eigenvalue weighted by molar-refractivity contribution is -0.554. The summed E-state index contributed by atoms with van der Waals surface area (Å²) in [7, 11) is 0. The van der Waals surface area contributed by atoms with Crippen molar-refractivity contribution in [1.82, 2.24) is 0 Å². The molecule has 11 heteroatoms. The summed E-state index contributed by atoms with van der Waals surface area (Å²) in [5, 5.41) is 84.0. The van der Waals surface area contributed by atoms with Gasteiger partial charge in [0.15, 0.2) is 6.29 Å². The van der Waals surface area contributed by atoms with Crippen molar-refractivity contribution in [2.24, 2.45) is 0 Å². The van der Waals surface area contributed by atoms with E-state index in [0.29, 0.717) is 6.42 Å². The van der Waals surface area contributed by atoms with Crippen molar-refractivity contribution in [3.63, 3.8) is 0 Å². The van der Waals surface area contributed by atoms with Crippen molar-refractivity contribution >= 4 is 0 Å². The van der Waals surface area contributed by atoms with Crippen LogP contribution in [-0.2, 0) is 14.2 Å². The van der Waals surface area contributed by atoms with Crippen LogP contribution < -0.4 is 5.11 Å². The number of hydrogen-bond donors (Lipinski definition) is 7. The Labute approximate surface area is 232 Å². The van der Waals surface area contributed by atoms with Gasteiger partial charge >= 0.3 is 0 Å². The average molecular weight is 566 g/mol. The molecule has 7 N–H and O–H groups in total. The summed E-state index contributed by atoms with van der Waals surface area (Å²) in [5.41, 5.74) is -2.21. The van der Waals surface area contributed by atoms with Gasteiger partial charge in [-0.1, -0.05) is 96.8 Å². The minimum Gasteiger partial charge on any atom is -0.829 e. The van der Waals surface area contributed by atoms with Gasteiger partial charge in [-0.3, -0.25) is 0 Å². The zero-order chi connectivity index (χ0) is 28.8. The van der Waals surface area contributed by atoms with Gasteiger partial charge in [-0.2, -0.15) is 0 Å². The molecule has 2 rings (SSSR count). The molecule has 10 atom stereocenters. The first-order valence-electron chi connectivity index (χ1n) is 15.0. The highest BCUT2D eigenvalue weighted by molar-refractivity contribution is 5.01. The smallest absolute Gasteiger partial charge is 0.187 e. The Hall–Kier alpha value is -0.440. The van der Waals surface area contributed by atoms with Gasteiger partial charge in [-0.15, -0.1) is 0 Å². The van der Waals surface area contributed by atoms with E-state index < -0.39 is 74.1 Å². The van der Waals surface area contributed by atoms with Gasteiger partial charge in [0.05, 0.1) is 13.2 Å². The molecule has 2 saturated heterocycles. The fraction of sp³-hybridized carbons (Fsp3) is 1.00. The molecule has 0 unspecified atom stereocenters. The molecule has 2 aliphatic rings. The van der Waals surface area contributed by atoms with Crippen LogP contribution in [0.2, 0.25) is 0 Å². The van der Waals surface area contributed by atoms with E-state index >= 15 is 0 Å². The molecule has 0 bridgehead atoms. The molecule has 2 fully saturated rings. The lowest BCUT2D eigenvalue weighted by Gasteiger charge is -2.54. The van der Waals surface area contributed by atoms with Crippen molar-refractivity contribution in [3.05, 3.63) is 0 Å². The predicted molar refractivity (Wildman–Crippen MR) is 140 cm³/mol. The predicted octanol–water partition coefficient (Wildman–Crippen LogP) is 0.212. The summed E-state index contributed by atoms with van der Waals surface area (Å²) < 4.78 is 16.1. The number of ether oxygens (including phenoxy) is 3. The molecule has 0 spiro atoms. The van der Waals surface area contributed by atoms with Crippen molar-refractivity contribution in [2.75, 3.05) is 13.2 Å². The molecule has 0 aliphatic carbocycles. The fourth-order valence-corrected chi connectivity index (χ4v) is 5.49. The first-order chi connectivity index (χ1) is 18.7. The molecule has 0 aromatic rings. The average Bonchev–Trinajstić information content (AvgIpc) is 2.93. The van der Waals surface area contributed by atoms with Gasteiger partial charge in [0.1, 0.15) is 48.3 Å². The Morgan fingerprint density at radius 1 is 0.667 bits per heavy atom.